The highest BCUT2D eigenvalue weighted by Gasteiger charge is 2.57. The molecule has 0 amide bonds. The van der Waals surface area contributed by atoms with Crippen LogP contribution in [-0.4, -0.2) is 41.5 Å². The van der Waals surface area contributed by atoms with Gasteiger partial charge in [-0.1, -0.05) is 38.1 Å². The van der Waals surface area contributed by atoms with Crippen LogP contribution in [0.3, 0.4) is 0 Å². The summed E-state index contributed by atoms with van der Waals surface area (Å²) in [4.78, 5) is 14.2. The zero-order valence-electron chi connectivity index (χ0n) is 19.2. The van der Waals surface area contributed by atoms with Gasteiger partial charge in [0.25, 0.3) is 0 Å². The van der Waals surface area contributed by atoms with Crippen molar-refractivity contribution in [3.63, 3.8) is 0 Å². The molecule has 1 heterocycles. The van der Waals surface area contributed by atoms with Crippen molar-refractivity contribution in [2.45, 2.75) is 76.4 Å². The van der Waals surface area contributed by atoms with Crippen molar-refractivity contribution in [3.8, 4) is 11.3 Å². The van der Waals surface area contributed by atoms with Gasteiger partial charge in [0.15, 0.2) is 5.54 Å². The first-order valence-corrected chi connectivity index (χ1v) is 11.7. The Hall–Kier alpha value is -2.11. The average Bonchev–Trinajstić information content (AvgIpc) is 3.42. The second-order valence-electron chi connectivity index (χ2n) is 10.1. The van der Waals surface area contributed by atoms with Gasteiger partial charge < -0.3 is 9.66 Å². The minimum atomic E-state index is -4.67. The molecule has 0 radical (unpaired) electrons. The maximum atomic E-state index is 13.8. The van der Waals surface area contributed by atoms with Crippen molar-refractivity contribution in [1.82, 2.24) is 19.7 Å². The molecule has 1 saturated carbocycles. The molecule has 0 saturated heterocycles. The fourth-order valence-corrected chi connectivity index (χ4v) is 4.23. The molecule has 1 aliphatic rings. The van der Waals surface area contributed by atoms with Crippen LogP contribution < -0.4 is 4.72 Å². The van der Waals surface area contributed by atoms with Crippen molar-refractivity contribution < 1.29 is 27.6 Å². The van der Waals surface area contributed by atoms with Crippen molar-refractivity contribution in [1.29, 1.82) is 0 Å². The summed E-state index contributed by atoms with van der Waals surface area (Å²) in [6.07, 6.45) is -1.89. The standard InChI is InChI=1S/C22H29F3N4O3S/c1-19(2,3)33(32)28-21(18(30)31,13-20(4,5)22(23,24)25)15-8-6-14(7-9-15)17-12-26-29(27-17)16-10-11-16/h6-9,12,16,28H,10-11,13H2,1-5H3,(H,30,31)/t21-,33?/m0/s1. The first-order valence-electron chi connectivity index (χ1n) is 10.6. The van der Waals surface area contributed by atoms with E-state index in [1.807, 2.05) is 0 Å². The molecule has 0 aliphatic heterocycles. The summed E-state index contributed by atoms with van der Waals surface area (Å²) < 4.78 is 55.8. The predicted octanol–water partition coefficient (Wildman–Crippen LogP) is 4.59. The lowest BCUT2D eigenvalue weighted by Crippen LogP contribution is -2.58. The maximum Gasteiger partial charge on any atom is 0.394 e. The Morgan fingerprint density at radius 1 is 1.18 bits per heavy atom. The SMILES string of the molecule is CC(C)(C)[S+]([O-])N[C@](CC(C)(C)C(F)(F)F)(C(=O)O)c1ccc(-c2cnn(C3CC3)n2)cc1. The third kappa shape index (κ3) is 5.36. The molecule has 1 unspecified atom stereocenters. The van der Waals surface area contributed by atoms with E-state index in [0.717, 1.165) is 26.7 Å². The molecule has 2 atom stereocenters. The normalized spacial score (nSPS) is 18.1. The molecule has 1 aromatic heterocycles. The van der Waals surface area contributed by atoms with Gasteiger partial charge in [0.2, 0.25) is 0 Å². The van der Waals surface area contributed by atoms with Crippen LogP contribution in [0.4, 0.5) is 13.2 Å². The van der Waals surface area contributed by atoms with Gasteiger partial charge >= 0.3 is 12.1 Å². The van der Waals surface area contributed by atoms with Crippen LogP contribution >= 0.6 is 0 Å². The van der Waals surface area contributed by atoms with E-state index in [0.29, 0.717) is 17.3 Å². The number of carbonyl (C=O) groups is 1. The van der Waals surface area contributed by atoms with E-state index in [4.69, 9.17) is 0 Å². The number of benzene rings is 1. The van der Waals surface area contributed by atoms with Gasteiger partial charge in [-0.05, 0) is 45.6 Å². The van der Waals surface area contributed by atoms with Crippen molar-refractivity contribution in [2.24, 2.45) is 5.41 Å². The Balaban J connectivity index is 2.03. The molecule has 182 valence electrons. The van der Waals surface area contributed by atoms with Gasteiger partial charge in [-0.25, -0.2) is 4.79 Å². The molecule has 2 aromatic rings. The van der Waals surface area contributed by atoms with Crippen LogP contribution in [0.5, 0.6) is 0 Å². The molecule has 3 rings (SSSR count). The highest BCUT2D eigenvalue weighted by Crippen LogP contribution is 2.47. The first-order chi connectivity index (χ1) is 15.1. The molecular formula is C22H29F3N4O3S. The zero-order chi connectivity index (χ0) is 24.8. The number of halogens is 3. The van der Waals surface area contributed by atoms with E-state index in [9.17, 15) is 27.6 Å². The third-order valence-corrected chi connectivity index (χ3v) is 7.36. The fourth-order valence-electron chi connectivity index (χ4n) is 3.33. The number of carboxylic acid groups (broad SMARTS) is 1. The van der Waals surface area contributed by atoms with Crippen LogP contribution in [0, 0.1) is 5.41 Å². The lowest BCUT2D eigenvalue weighted by molar-refractivity contribution is -0.219. The molecule has 33 heavy (non-hydrogen) atoms. The van der Waals surface area contributed by atoms with Crippen LogP contribution in [0.2, 0.25) is 0 Å². The van der Waals surface area contributed by atoms with E-state index in [2.05, 4.69) is 14.9 Å². The molecule has 1 fully saturated rings. The topological polar surface area (TPSA) is 103 Å². The van der Waals surface area contributed by atoms with E-state index >= 15 is 0 Å². The van der Waals surface area contributed by atoms with Crippen LogP contribution in [-0.2, 0) is 21.7 Å². The number of nitrogens with one attached hydrogen (secondary N) is 1. The van der Waals surface area contributed by atoms with Gasteiger partial charge in [-0.3, -0.25) is 0 Å². The Bertz CT molecular complexity index is 998. The Morgan fingerprint density at radius 2 is 1.76 bits per heavy atom. The molecule has 1 aromatic carbocycles. The Morgan fingerprint density at radius 3 is 2.21 bits per heavy atom. The molecule has 0 spiro atoms. The molecule has 11 heteroatoms. The lowest BCUT2D eigenvalue weighted by atomic mass is 9.74. The number of carboxylic acids is 1. The number of hydrogen-bond donors (Lipinski definition) is 2. The number of rotatable bonds is 8. The highest BCUT2D eigenvalue weighted by atomic mass is 32.2. The van der Waals surface area contributed by atoms with Gasteiger partial charge in [-0.15, -0.1) is 4.72 Å². The second kappa shape index (κ2) is 8.59. The second-order valence-corrected chi connectivity index (χ2v) is 12.1. The summed E-state index contributed by atoms with van der Waals surface area (Å²) >= 11 is -1.95. The summed E-state index contributed by atoms with van der Waals surface area (Å²) in [6, 6.07) is 6.36. The van der Waals surface area contributed by atoms with Gasteiger partial charge in [0, 0.05) is 16.9 Å². The van der Waals surface area contributed by atoms with E-state index in [-0.39, 0.29) is 5.56 Å². The third-order valence-electron chi connectivity index (χ3n) is 5.72. The zero-order valence-corrected chi connectivity index (χ0v) is 20.0. The smallest absolute Gasteiger partial charge is 0.394 e. The molecule has 2 N–H and O–H groups in total. The minimum Gasteiger partial charge on any atom is -0.598 e. The number of alkyl halides is 3. The van der Waals surface area contributed by atoms with Crippen LogP contribution in [0.1, 0.15) is 65.5 Å². The van der Waals surface area contributed by atoms with Crippen molar-refractivity contribution in [2.75, 3.05) is 0 Å². The van der Waals surface area contributed by atoms with E-state index in [1.165, 1.54) is 12.1 Å². The van der Waals surface area contributed by atoms with Crippen LogP contribution in [0.15, 0.2) is 30.5 Å². The molecular weight excluding hydrogens is 457 g/mol. The highest BCUT2D eigenvalue weighted by molar-refractivity contribution is 7.90. The summed E-state index contributed by atoms with van der Waals surface area (Å²) in [7, 11) is 0. The molecule has 1 aliphatic carbocycles. The average molecular weight is 487 g/mol. The fraction of sp³-hybridized carbons (Fsp3) is 0.591. The van der Waals surface area contributed by atoms with Crippen LogP contribution in [0.25, 0.3) is 11.3 Å². The number of nitrogens with zero attached hydrogens (tertiary/aromatic N) is 3. The number of aromatic nitrogens is 3. The van der Waals surface area contributed by atoms with Gasteiger partial charge in [0.05, 0.1) is 17.7 Å². The summed E-state index contributed by atoms with van der Waals surface area (Å²) in [6.45, 7) is 6.73. The van der Waals surface area contributed by atoms with Gasteiger partial charge in [0.1, 0.15) is 10.4 Å². The van der Waals surface area contributed by atoms with Crippen molar-refractivity contribution >= 4 is 17.3 Å². The maximum absolute atomic E-state index is 13.8. The van der Waals surface area contributed by atoms with Gasteiger partial charge in [-0.2, -0.15) is 28.2 Å². The number of aliphatic carboxylic acids is 1. The summed E-state index contributed by atoms with van der Waals surface area (Å²) in [5.41, 5.74) is -3.30. The van der Waals surface area contributed by atoms with E-state index in [1.54, 1.807) is 43.9 Å². The monoisotopic (exact) mass is 486 g/mol. The lowest BCUT2D eigenvalue weighted by Gasteiger charge is -2.40. The van der Waals surface area contributed by atoms with Crippen molar-refractivity contribution in [3.05, 3.63) is 36.0 Å². The molecule has 7 nitrogen and oxygen atoms in total. The summed E-state index contributed by atoms with van der Waals surface area (Å²) in [5, 5.41) is 18.8. The largest absolute Gasteiger partial charge is 0.598 e. The quantitative estimate of drug-likeness (QED) is 0.529. The Kier molecular flexibility index (Phi) is 6.64. The minimum absolute atomic E-state index is 0.0725. The molecule has 0 bridgehead atoms. The van der Waals surface area contributed by atoms with E-state index < -0.39 is 45.6 Å². The predicted molar refractivity (Wildman–Crippen MR) is 119 cm³/mol. The number of hydrogen-bond acceptors (Lipinski definition) is 5. The first kappa shape index (κ1) is 25.5. The summed E-state index contributed by atoms with van der Waals surface area (Å²) in [5.74, 6) is -1.54. The Labute approximate surface area is 194 Å².